The third-order valence-corrected chi connectivity index (χ3v) is 7.36. The average molecular weight is 390 g/mol. The Hall–Kier alpha value is -1.41. The summed E-state index contributed by atoms with van der Waals surface area (Å²) in [5.74, 6) is 0.433. The molecule has 138 valence electrons. The Morgan fingerprint density at radius 3 is 3.04 bits per heavy atom. The van der Waals surface area contributed by atoms with E-state index in [0.717, 1.165) is 48.2 Å². The van der Waals surface area contributed by atoms with Crippen molar-refractivity contribution in [3.63, 3.8) is 0 Å². The largest absolute Gasteiger partial charge is 0.383 e. The average Bonchev–Trinajstić information content (AvgIpc) is 3.19. The molecule has 2 aliphatic heterocycles. The van der Waals surface area contributed by atoms with Gasteiger partial charge in [-0.05, 0) is 25.1 Å². The first-order valence-corrected chi connectivity index (χ1v) is 10.6. The van der Waals surface area contributed by atoms with Crippen molar-refractivity contribution in [2.24, 2.45) is 5.92 Å². The Bertz CT molecular complexity index is 815. The molecule has 2 unspecified atom stereocenters. The summed E-state index contributed by atoms with van der Waals surface area (Å²) in [6, 6.07) is 8.24. The molecule has 0 saturated carbocycles. The van der Waals surface area contributed by atoms with Gasteiger partial charge in [-0.1, -0.05) is 12.1 Å². The van der Waals surface area contributed by atoms with Crippen LogP contribution in [0.3, 0.4) is 0 Å². The van der Waals surface area contributed by atoms with Crippen LogP contribution in [0.5, 0.6) is 0 Å². The molecular formula is C19H23N3O2S2. The minimum atomic E-state index is -0.0130. The van der Waals surface area contributed by atoms with Gasteiger partial charge in [-0.3, -0.25) is 9.69 Å². The predicted molar refractivity (Wildman–Crippen MR) is 108 cm³/mol. The molecule has 2 aliphatic rings. The number of hydrogen-bond donors (Lipinski definition) is 1. The molecule has 0 spiro atoms. The number of thioether (sulfide) groups is 1. The number of piperidine rings is 1. The van der Waals surface area contributed by atoms with E-state index in [1.807, 2.05) is 12.1 Å². The minimum Gasteiger partial charge on any atom is -0.383 e. The van der Waals surface area contributed by atoms with Gasteiger partial charge < -0.3 is 10.1 Å². The normalized spacial score (nSPS) is 23.5. The number of ether oxygens (including phenoxy) is 1. The number of nitrogens with zero attached hydrogens (tertiary/aromatic N) is 2. The van der Waals surface area contributed by atoms with Crippen LogP contribution in [0, 0.1) is 5.92 Å². The number of benzene rings is 1. The fourth-order valence-electron chi connectivity index (χ4n) is 3.74. The summed E-state index contributed by atoms with van der Waals surface area (Å²) in [5, 5.41) is 5.59. The molecule has 1 saturated heterocycles. The second kappa shape index (κ2) is 7.68. The molecule has 26 heavy (non-hydrogen) atoms. The van der Waals surface area contributed by atoms with Crippen molar-refractivity contribution in [1.82, 2.24) is 15.2 Å². The van der Waals surface area contributed by atoms with Crippen LogP contribution in [0.2, 0.25) is 0 Å². The molecule has 0 bridgehead atoms. The van der Waals surface area contributed by atoms with E-state index < -0.39 is 0 Å². The van der Waals surface area contributed by atoms with Crippen LogP contribution in [0.4, 0.5) is 0 Å². The number of rotatable bonds is 5. The van der Waals surface area contributed by atoms with Gasteiger partial charge >= 0.3 is 0 Å². The number of nitrogens with one attached hydrogen (secondary N) is 1. The molecule has 1 aromatic carbocycles. The lowest BCUT2D eigenvalue weighted by atomic mass is 9.89. The standard InChI is InChI=1S/C19H23N3O2S2/c1-12(23)20-18-17(19-21-14-5-3-4-6-15(14)25-19)13-7-8-22(9-10-24-2)11-16(13)26-18/h3-6,13,16H,7-11H2,1-2H3,(H,20,23). The summed E-state index contributed by atoms with van der Waals surface area (Å²) < 4.78 is 6.43. The number of para-hydroxylation sites is 1. The van der Waals surface area contributed by atoms with Crippen molar-refractivity contribution in [3.05, 3.63) is 34.3 Å². The van der Waals surface area contributed by atoms with Crippen molar-refractivity contribution in [2.75, 3.05) is 33.4 Å². The lowest BCUT2D eigenvalue weighted by Crippen LogP contribution is -2.42. The van der Waals surface area contributed by atoms with Gasteiger partial charge in [-0.15, -0.1) is 23.1 Å². The number of thiazole rings is 1. The third kappa shape index (κ3) is 3.53. The van der Waals surface area contributed by atoms with Gasteiger partial charge in [0.1, 0.15) is 5.01 Å². The number of fused-ring (bicyclic) bond motifs is 2. The molecule has 1 N–H and O–H groups in total. The zero-order valence-corrected chi connectivity index (χ0v) is 16.7. The van der Waals surface area contributed by atoms with Crippen LogP contribution in [0.25, 0.3) is 15.8 Å². The first-order valence-electron chi connectivity index (χ1n) is 8.91. The smallest absolute Gasteiger partial charge is 0.221 e. The number of likely N-dealkylation sites (tertiary alicyclic amines) is 1. The van der Waals surface area contributed by atoms with Gasteiger partial charge in [-0.25, -0.2) is 4.98 Å². The molecule has 4 rings (SSSR count). The Kier molecular flexibility index (Phi) is 5.31. The number of carbonyl (C=O) groups is 1. The maximum atomic E-state index is 11.8. The van der Waals surface area contributed by atoms with Crippen molar-refractivity contribution in [1.29, 1.82) is 0 Å². The predicted octanol–water partition coefficient (Wildman–Crippen LogP) is 3.18. The van der Waals surface area contributed by atoms with E-state index >= 15 is 0 Å². The van der Waals surface area contributed by atoms with Gasteiger partial charge in [-0.2, -0.15) is 0 Å². The maximum absolute atomic E-state index is 11.8. The first-order chi connectivity index (χ1) is 12.7. The van der Waals surface area contributed by atoms with Gasteiger partial charge in [0.05, 0.1) is 21.9 Å². The van der Waals surface area contributed by atoms with Crippen LogP contribution in [-0.4, -0.2) is 54.4 Å². The van der Waals surface area contributed by atoms with Crippen molar-refractivity contribution < 1.29 is 9.53 Å². The molecule has 7 heteroatoms. The Labute approximate surface area is 161 Å². The van der Waals surface area contributed by atoms with Crippen molar-refractivity contribution >= 4 is 44.8 Å². The topological polar surface area (TPSA) is 54.5 Å². The number of allylic oxidation sites excluding steroid dienone is 1. The van der Waals surface area contributed by atoms with E-state index in [4.69, 9.17) is 9.72 Å². The second-order valence-electron chi connectivity index (χ2n) is 6.76. The van der Waals surface area contributed by atoms with Gasteiger partial charge in [0.2, 0.25) is 5.91 Å². The molecule has 2 aromatic rings. The van der Waals surface area contributed by atoms with Crippen LogP contribution in [0.15, 0.2) is 29.3 Å². The van der Waals surface area contributed by atoms with E-state index in [-0.39, 0.29) is 5.91 Å². The second-order valence-corrected chi connectivity index (χ2v) is 9.04. The van der Waals surface area contributed by atoms with E-state index in [9.17, 15) is 4.79 Å². The van der Waals surface area contributed by atoms with E-state index in [2.05, 4.69) is 22.3 Å². The highest BCUT2D eigenvalue weighted by molar-refractivity contribution is 8.04. The maximum Gasteiger partial charge on any atom is 0.221 e. The Balaban J connectivity index is 1.64. The number of carbonyl (C=O) groups excluding carboxylic acids is 1. The monoisotopic (exact) mass is 389 g/mol. The van der Waals surface area contributed by atoms with Crippen LogP contribution in [-0.2, 0) is 9.53 Å². The van der Waals surface area contributed by atoms with Crippen LogP contribution in [0.1, 0.15) is 18.4 Å². The SMILES string of the molecule is COCCN1CCC2C(c3nc4ccccc4s3)=C(NC(C)=O)SC2C1. The molecule has 1 amide bonds. The lowest BCUT2D eigenvalue weighted by Gasteiger charge is -2.35. The molecule has 0 radical (unpaired) electrons. The zero-order chi connectivity index (χ0) is 18.1. The third-order valence-electron chi connectivity index (χ3n) is 4.95. The number of hydrogen-bond acceptors (Lipinski definition) is 6. The van der Waals surface area contributed by atoms with E-state index in [0.29, 0.717) is 11.2 Å². The minimum absolute atomic E-state index is 0.0130. The molecule has 5 nitrogen and oxygen atoms in total. The Morgan fingerprint density at radius 2 is 2.27 bits per heavy atom. The number of amides is 1. The van der Waals surface area contributed by atoms with Crippen LogP contribution >= 0.6 is 23.1 Å². The zero-order valence-electron chi connectivity index (χ0n) is 15.0. The molecule has 3 heterocycles. The molecule has 0 aliphatic carbocycles. The van der Waals surface area contributed by atoms with E-state index in [1.54, 1.807) is 37.1 Å². The van der Waals surface area contributed by atoms with Gasteiger partial charge in [0.15, 0.2) is 0 Å². The van der Waals surface area contributed by atoms with Crippen molar-refractivity contribution in [3.8, 4) is 0 Å². The van der Waals surface area contributed by atoms with Crippen LogP contribution < -0.4 is 5.32 Å². The summed E-state index contributed by atoms with van der Waals surface area (Å²) >= 11 is 3.53. The highest BCUT2D eigenvalue weighted by atomic mass is 32.2. The summed E-state index contributed by atoms with van der Waals surface area (Å²) in [5.41, 5.74) is 2.27. The highest BCUT2D eigenvalue weighted by Crippen LogP contribution is 2.50. The summed E-state index contributed by atoms with van der Waals surface area (Å²) in [6.45, 7) is 5.39. The van der Waals surface area contributed by atoms with E-state index in [1.165, 1.54) is 10.3 Å². The van der Waals surface area contributed by atoms with Gasteiger partial charge in [0.25, 0.3) is 0 Å². The summed E-state index contributed by atoms with van der Waals surface area (Å²) in [4.78, 5) is 19.1. The number of methoxy groups -OCH3 is 1. The quantitative estimate of drug-likeness (QED) is 0.851. The molecule has 1 fully saturated rings. The van der Waals surface area contributed by atoms with Crippen molar-refractivity contribution in [2.45, 2.75) is 18.6 Å². The molecule has 1 aromatic heterocycles. The highest BCUT2D eigenvalue weighted by Gasteiger charge is 2.41. The lowest BCUT2D eigenvalue weighted by molar-refractivity contribution is -0.118. The van der Waals surface area contributed by atoms with Gasteiger partial charge in [0, 0.05) is 43.9 Å². The first kappa shape index (κ1) is 18.0. The fourth-order valence-corrected chi connectivity index (χ4v) is 6.48. The number of aromatic nitrogens is 1. The Morgan fingerprint density at radius 1 is 1.42 bits per heavy atom. The molecule has 2 atom stereocenters. The summed E-state index contributed by atoms with van der Waals surface area (Å²) in [6.07, 6.45) is 1.09. The fraction of sp³-hybridized carbons (Fsp3) is 0.474. The molecular weight excluding hydrogens is 366 g/mol. The summed E-state index contributed by atoms with van der Waals surface area (Å²) in [7, 11) is 1.75.